The van der Waals surface area contributed by atoms with Gasteiger partial charge in [0.25, 0.3) is 5.91 Å². The molecule has 0 bridgehead atoms. The van der Waals surface area contributed by atoms with Gasteiger partial charge in [-0.1, -0.05) is 0 Å². The van der Waals surface area contributed by atoms with Crippen LogP contribution in [-0.4, -0.2) is 55.2 Å². The Labute approximate surface area is 150 Å². The van der Waals surface area contributed by atoms with E-state index < -0.39 is 0 Å². The summed E-state index contributed by atoms with van der Waals surface area (Å²) in [5.74, 6) is 1.29. The molecular weight excluding hydrogens is 332 g/mol. The molecule has 0 saturated carbocycles. The van der Waals surface area contributed by atoms with E-state index in [1.165, 1.54) is 0 Å². The van der Waals surface area contributed by atoms with Crippen LogP contribution in [0.3, 0.4) is 0 Å². The number of nitrogens with zero attached hydrogens (tertiary/aromatic N) is 6. The van der Waals surface area contributed by atoms with Crippen LogP contribution < -0.4 is 0 Å². The van der Waals surface area contributed by atoms with Crippen LogP contribution >= 0.6 is 0 Å². The van der Waals surface area contributed by atoms with E-state index in [4.69, 9.17) is 4.74 Å². The molecule has 0 N–H and O–H groups in total. The average molecular weight is 350 g/mol. The van der Waals surface area contributed by atoms with Gasteiger partial charge in [0, 0.05) is 31.3 Å². The van der Waals surface area contributed by atoms with Gasteiger partial charge in [0.15, 0.2) is 5.82 Å². The van der Waals surface area contributed by atoms with Crippen LogP contribution in [-0.2, 0) is 4.74 Å². The second-order valence-corrected chi connectivity index (χ2v) is 6.00. The number of ether oxygens (including phenoxy) is 1. The molecule has 0 spiro atoms. The van der Waals surface area contributed by atoms with Crippen molar-refractivity contribution in [2.45, 2.75) is 13.0 Å². The SMILES string of the molecule is Cc1nccc([C@@H]2CN(C(=O)c3ccc(-n4cccn4)nc3)CCO2)n1. The van der Waals surface area contributed by atoms with Crippen LogP contribution in [0.1, 0.15) is 28.0 Å². The van der Waals surface area contributed by atoms with Crippen LogP contribution in [0.15, 0.2) is 49.1 Å². The van der Waals surface area contributed by atoms with Crippen LogP contribution in [0.5, 0.6) is 0 Å². The summed E-state index contributed by atoms with van der Waals surface area (Å²) in [6, 6.07) is 7.20. The lowest BCUT2D eigenvalue weighted by Gasteiger charge is -2.32. The van der Waals surface area contributed by atoms with Gasteiger partial charge in [0.1, 0.15) is 11.9 Å². The number of aryl methyl sites for hydroxylation is 1. The molecule has 8 nitrogen and oxygen atoms in total. The Morgan fingerprint density at radius 1 is 1.23 bits per heavy atom. The maximum Gasteiger partial charge on any atom is 0.255 e. The molecule has 1 aliphatic heterocycles. The fraction of sp³-hybridized carbons (Fsp3) is 0.278. The molecule has 1 aliphatic rings. The van der Waals surface area contributed by atoms with Gasteiger partial charge in [0.2, 0.25) is 0 Å². The molecule has 0 aliphatic carbocycles. The normalized spacial score (nSPS) is 17.3. The zero-order valence-electron chi connectivity index (χ0n) is 14.3. The van der Waals surface area contributed by atoms with Crippen LogP contribution in [0.25, 0.3) is 5.82 Å². The molecule has 1 saturated heterocycles. The number of carbonyl (C=O) groups is 1. The summed E-state index contributed by atoms with van der Waals surface area (Å²) in [5.41, 5.74) is 1.34. The molecule has 3 aromatic heterocycles. The summed E-state index contributed by atoms with van der Waals surface area (Å²) in [6.45, 7) is 3.30. The Morgan fingerprint density at radius 2 is 2.15 bits per heavy atom. The Balaban J connectivity index is 1.49. The van der Waals surface area contributed by atoms with Gasteiger partial charge in [0.05, 0.1) is 24.4 Å². The molecular formula is C18H18N6O2. The largest absolute Gasteiger partial charge is 0.368 e. The molecule has 26 heavy (non-hydrogen) atoms. The Bertz CT molecular complexity index is 894. The monoisotopic (exact) mass is 350 g/mol. The van der Waals surface area contributed by atoms with Crippen molar-refractivity contribution in [3.05, 3.63) is 66.1 Å². The lowest BCUT2D eigenvalue weighted by Crippen LogP contribution is -2.42. The highest BCUT2D eigenvalue weighted by molar-refractivity contribution is 5.94. The summed E-state index contributed by atoms with van der Waals surface area (Å²) in [4.78, 5) is 27.4. The van der Waals surface area contributed by atoms with Crippen LogP contribution in [0.4, 0.5) is 0 Å². The number of rotatable bonds is 3. The van der Waals surface area contributed by atoms with Crippen LogP contribution in [0.2, 0.25) is 0 Å². The fourth-order valence-corrected chi connectivity index (χ4v) is 2.90. The molecule has 3 aromatic rings. The topological polar surface area (TPSA) is 86.0 Å². The van der Waals surface area contributed by atoms with Crippen molar-refractivity contribution in [3.63, 3.8) is 0 Å². The number of aromatic nitrogens is 5. The first kappa shape index (κ1) is 16.3. The summed E-state index contributed by atoms with van der Waals surface area (Å²) in [6.07, 6.45) is 6.53. The maximum atomic E-state index is 12.8. The Kier molecular flexibility index (Phi) is 4.40. The molecule has 1 atom stereocenters. The van der Waals surface area contributed by atoms with E-state index >= 15 is 0 Å². The molecule has 8 heteroatoms. The van der Waals surface area contributed by atoms with Crippen molar-refractivity contribution in [3.8, 4) is 5.82 Å². The third-order valence-electron chi connectivity index (χ3n) is 4.22. The van der Waals surface area contributed by atoms with Crippen molar-refractivity contribution < 1.29 is 9.53 Å². The zero-order chi connectivity index (χ0) is 17.9. The third-order valence-corrected chi connectivity index (χ3v) is 4.22. The van der Waals surface area contributed by atoms with E-state index in [0.717, 1.165) is 5.69 Å². The number of amides is 1. The minimum atomic E-state index is -0.245. The Hall–Kier alpha value is -3.13. The van der Waals surface area contributed by atoms with Crippen molar-refractivity contribution in [1.82, 2.24) is 29.6 Å². The predicted octanol–water partition coefficient (Wildman–Crippen LogP) is 1.58. The first-order valence-corrected chi connectivity index (χ1v) is 8.37. The van der Waals surface area contributed by atoms with Gasteiger partial charge in [-0.25, -0.2) is 19.6 Å². The standard InChI is InChI=1S/C18H18N6O2/c1-13-19-7-5-15(22-13)16-12-23(9-10-26-16)18(25)14-3-4-17(20-11-14)24-8-2-6-21-24/h2-8,11,16H,9-10,12H2,1H3/t16-/m0/s1. The minimum absolute atomic E-state index is 0.0661. The van der Waals surface area contributed by atoms with Gasteiger partial charge in [-0.3, -0.25) is 4.79 Å². The summed E-state index contributed by atoms with van der Waals surface area (Å²) in [5, 5.41) is 4.13. The summed E-state index contributed by atoms with van der Waals surface area (Å²) in [7, 11) is 0. The fourth-order valence-electron chi connectivity index (χ4n) is 2.90. The highest BCUT2D eigenvalue weighted by Gasteiger charge is 2.27. The summed E-state index contributed by atoms with van der Waals surface area (Å²) < 4.78 is 7.44. The highest BCUT2D eigenvalue weighted by Crippen LogP contribution is 2.21. The third kappa shape index (κ3) is 3.31. The predicted molar refractivity (Wildman–Crippen MR) is 92.7 cm³/mol. The molecule has 4 heterocycles. The first-order valence-electron chi connectivity index (χ1n) is 8.37. The molecule has 0 aromatic carbocycles. The number of hydrogen-bond acceptors (Lipinski definition) is 6. The molecule has 1 fully saturated rings. The first-order chi connectivity index (χ1) is 12.7. The molecule has 4 rings (SSSR count). The van der Waals surface area contributed by atoms with Crippen LogP contribution in [0, 0.1) is 6.92 Å². The molecule has 0 unspecified atom stereocenters. The van der Waals surface area contributed by atoms with Crippen molar-refractivity contribution in [2.24, 2.45) is 0 Å². The van der Waals surface area contributed by atoms with E-state index in [1.807, 2.05) is 19.1 Å². The van der Waals surface area contributed by atoms with E-state index in [2.05, 4.69) is 20.1 Å². The van der Waals surface area contributed by atoms with Crippen molar-refractivity contribution >= 4 is 5.91 Å². The van der Waals surface area contributed by atoms with Crippen molar-refractivity contribution in [2.75, 3.05) is 19.7 Å². The lowest BCUT2D eigenvalue weighted by molar-refractivity contribution is -0.0248. The molecule has 0 radical (unpaired) electrons. The smallest absolute Gasteiger partial charge is 0.255 e. The van der Waals surface area contributed by atoms with Gasteiger partial charge in [-0.2, -0.15) is 5.10 Å². The number of morpholine rings is 1. The molecule has 132 valence electrons. The van der Waals surface area contributed by atoms with E-state index in [-0.39, 0.29) is 12.0 Å². The highest BCUT2D eigenvalue weighted by atomic mass is 16.5. The van der Waals surface area contributed by atoms with E-state index in [0.29, 0.717) is 36.9 Å². The second kappa shape index (κ2) is 7.01. The minimum Gasteiger partial charge on any atom is -0.368 e. The Morgan fingerprint density at radius 3 is 2.88 bits per heavy atom. The number of hydrogen-bond donors (Lipinski definition) is 0. The molecule has 1 amide bonds. The van der Waals surface area contributed by atoms with Gasteiger partial charge >= 0.3 is 0 Å². The quantitative estimate of drug-likeness (QED) is 0.713. The number of pyridine rings is 1. The zero-order valence-corrected chi connectivity index (χ0v) is 14.3. The van der Waals surface area contributed by atoms with Gasteiger partial charge in [-0.15, -0.1) is 0 Å². The van der Waals surface area contributed by atoms with Gasteiger partial charge < -0.3 is 9.64 Å². The van der Waals surface area contributed by atoms with E-state index in [9.17, 15) is 4.79 Å². The average Bonchev–Trinajstić information content (AvgIpc) is 3.22. The van der Waals surface area contributed by atoms with E-state index in [1.54, 1.807) is 46.5 Å². The summed E-state index contributed by atoms with van der Waals surface area (Å²) >= 11 is 0. The number of carbonyl (C=O) groups excluding carboxylic acids is 1. The van der Waals surface area contributed by atoms with Gasteiger partial charge in [-0.05, 0) is 31.2 Å². The lowest BCUT2D eigenvalue weighted by atomic mass is 10.1. The second-order valence-electron chi connectivity index (χ2n) is 6.00. The van der Waals surface area contributed by atoms with Crippen molar-refractivity contribution in [1.29, 1.82) is 0 Å². The maximum absolute atomic E-state index is 12.8.